The van der Waals surface area contributed by atoms with Crippen LogP contribution < -0.4 is 16.4 Å². The Bertz CT molecular complexity index is 2360. The maximum Gasteiger partial charge on any atom is 0.254 e. The van der Waals surface area contributed by atoms with Gasteiger partial charge in [0.2, 0.25) is 11.8 Å². The lowest BCUT2D eigenvalue weighted by molar-refractivity contribution is -0.133. The van der Waals surface area contributed by atoms with E-state index in [1.165, 1.54) is 35.2 Å². The van der Waals surface area contributed by atoms with Gasteiger partial charge >= 0.3 is 0 Å². The van der Waals surface area contributed by atoms with E-state index in [1.54, 1.807) is 71.8 Å². The van der Waals surface area contributed by atoms with Crippen LogP contribution in [0.2, 0.25) is 0 Å². The number of phenols is 2. The molecule has 59 heavy (non-hydrogen) atoms. The summed E-state index contributed by atoms with van der Waals surface area (Å²) in [6, 6.07) is 15.4. The number of carbonyl (C=O) groups excluding carboxylic acids is 6. The van der Waals surface area contributed by atoms with Crippen molar-refractivity contribution in [3.63, 3.8) is 0 Å². The Labute approximate surface area is 338 Å². The normalized spacial score (nSPS) is 24.7. The Morgan fingerprint density at radius 1 is 1.02 bits per heavy atom. The number of aromatic nitrogens is 2. The van der Waals surface area contributed by atoms with Gasteiger partial charge in [-0.05, 0) is 79.3 Å². The number of primary amides is 1. The average Bonchev–Trinajstić information content (AvgIpc) is 4.05. The molecule has 6 N–H and O–H groups in total. The number of nitrogens with two attached hydrogens (primary N) is 1. The minimum atomic E-state index is -1.48. The second-order valence-corrected chi connectivity index (χ2v) is 15.3. The zero-order chi connectivity index (χ0) is 41.5. The van der Waals surface area contributed by atoms with Crippen LogP contribution in [0.5, 0.6) is 11.5 Å². The van der Waals surface area contributed by atoms with Gasteiger partial charge in [0.25, 0.3) is 11.8 Å². The van der Waals surface area contributed by atoms with Crippen molar-refractivity contribution in [3.05, 3.63) is 120 Å². The predicted molar refractivity (Wildman–Crippen MR) is 208 cm³/mol. The summed E-state index contributed by atoms with van der Waals surface area (Å²) >= 11 is 0. The Morgan fingerprint density at radius 3 is 2.56 bits per heavy atom. The van der Waals surface area contributed by atoms with E-state index in [9.17, 15) is 39.0 Å². The number of carbonyl (C=O) groups is 6. The Hall–Kier alpha value is -6.65. The first-order chi connectivity index (χ1) is 28.4. The topological polar surface area (TPSA) is 232 Å². The fraction of sp³-hybridized carbons (Fsp3) is 0.326. The second-order valence-electron chi connectivity index (χ2n) is 15.3. The molecule has 1 aromatic heterocycles. The van der Waals surface area contributed by atoms with Crippen molar-refractivity contribution in [1.29, 1.82) is 0 Å². The van der Waals surface area contributed by atoms with Crippen LogP contribution in [0.1, 0.15) is 70.1 Å². The molecule has 0 bridgehead atoms. The Morgan fingerprint density at radius 2 is 1.81 bits per heavy atom. The van der Waals surface area contributed by atoms with Crippen LogP contribution in [0, 0.1) is 0 Å². The number of Topliss-reactive ketones (excluding diaryl/α,β-unsaturated/α-hetero) is 2. The first-order valence-corrected chi connectivity index (χ1v) is 19.3. The quantitative estimate of drug-likeness (QED) is 0.123. The largest absolute Gasteiger partial charge is 0.508 e. The fourth-order valence-corrected chi connectivity index (χ4v) is 8.82. The molecule has 2 saturated heterocycles. The van der Waals surface area contributed by atoms with Gasteiger partial charge in [-0.3, -0.25) is 28.8 Å². The minimum absolute atomic E-state index is 0.0356. The zero-order valence-corrected chi connectivity index (χ0v) is 31.8. The van der Waals surface area contributed by atoms with E-state index in [2.05, 4.69) is 15.6 Å². The van der Waals surface area contributed by atoms with E-state index in [0.29, 0.717) is 30.5 Å². The maximum absolute atomic E-state index is 14.8. The molecule has 16 nitrogen and oxygen atoms in total. The smallest absolute Gasteiger partial charge is 0.254 e. The highest BCUT2D eigenvalue weighted by Gasteiger charge is 2.59. The summed E-state index contributed by atoms with van der Waals surface area (Å²) in [7, 11) is 0. The SMILES string of the molecule is NC(=O)c1c(O)cccc1CC(C(=O)NC12CC=CC1OCC2=O)N(CCC(=O)NC12CCCC1OC(c1cccc(O)c1)C2=O)C(=O)c1ccc(-n2ccnc2)cc1. The van der Waals surface area contributed by atoms with Crippen LogP contribution in [0.25, 0.3) is 5.69 Å². The summed E-state index contributed by atoms with van der Waals surface area (Å²) in [5, 5.41) is 26.6. The van der Waals surface area contributed by atoms with Crippen molar-refractivity contribution in [3.8, 4) is 17.2 Å². The molecule has 6 atom stereocenters. The third-order valence-electron chi connectivity index (χ3n) is 11.8. The molecule has 4 aliphatic rings. The van der Waals surface area contributed by atoms with Gasteiger partial charge in [-0.15, -0.1) is 0 Å². The van der Waals surface area contributed by atoms with Crippen LogP contribution in [0.15, 0.2) is 97.6 Å². The Balaban J connectivity index is 1.13. The molecule has 0 radical (unpaired) electrons. The lowest BCUT2D eigenvalue weighted by Gasteiger charge is -2.35. The van der Waals surface area contributed by atoms with Crippen LogP contribution >= 0.6 is 0 Å². The van der Waals surface area contributed by atoms with Crippen LogP contribution in [0.4, 0.5) is 0 Å². The summed E-state index contributed by atoms with van der Waals surface area (Å²) in [6.45, 7) is -0.594. The number of rotatable bonds is 13. The molecule has 304 valence electrons. The standard InChI is InChI=1S/C43H42N6O10/c44-39(55)36-26(5-2-8-31(36)51)22-30(40(56)47-42-16-3-9-33(42)58-23-32(42)52)49(41(57)25-11-13-28(14-12-25)48-20-18-45-24-48)19-15-35(53)46-43-17-4-10-34(43)59-37(38(43)54)27-6-1-7-29(50)21-27/h1-3,5-9,11-14,18,20-21,24,30,33-34,37,50-51H,4,10,15-17,19,22-23H2,(H2,44,55)(H,46,53)(H,47,56). The number of aromatic hydroxyl groups is 2. The summed E-state index contributed by atoms with van der Waals surface area (Å²) in [5.74, 6) is -4.18. The minimum Gasteiger partial charge on any atom is -0.508 e. The van der Waals surface area contributed by atoms with Gasteiger partial charge in [0.15, 0.2) is 11.6 Å². The number of ketones is 2. The highest BCUT2D eigenvalue weighted by atomic mass is 16.5. The molecular weight excluding hydrogens is 761 g/mol. The number of imidazole rings is 1. The molecule has 6 unspecified atom stereocenters. The van der Waals surface area contributed by atoms with Crippen LogP contribution in [0.3, 0.4) is 0 Å². The third kappa shape index (κ3) is 7.14. The molecule has 4 aromatic rings. The van der Waals surface area contributed by atoms with Crippen molar-refractivity contribution < 1.29 is 48.5 Å². The van der Waals surface area contributed by atoms with E-state index in [4.69, 9.17) is 15.2 Å². The first-order valence-electron chi connectivity index (χ1n) is 19.3. The van der Waals surface area contributed by atoms with Crippen LogP contribution in [-0.2, 0) is 35.1 Å². The van der Waals surface area contributed by atoms with E-state index >= 15 is 0 Å². The molecule has 3 heterocycles. The fourth-order valence-electron chi connectivity index (χ4n) is 8.82. The number of phenolic OH excluding ortho intramolecular Hbond substituents is 1. The second kappa shape index (κ2) is 15.6. The van der Waals surface area contributed by atoms with Crippen molar-refractivity contribution in [2.24, 2.45) is 5.73 Å². The molecule has 4 amide bonds. The summed E-state index contributed by atoms with van der Waals surface area (Å²) in [4.78, 5) is 88.8. The first kappa shape index (κ1) is 39.2. The van der Waals surface area contributed by atoms with Gasteiger partial charge in [-0.1, -0.05) is 36.4 Å². The number of ether oxygens (including phenoxy) is 2. The van der Waals surface area contributed by atoms with E-state index in [0.717, 1.165) is 0 Å². The molecule has 8 rings (SSSR count). The van der Waals surface area contributed by atoms with Gasteiger partial charge in [0.05, 0.1) is 18.0 Å². The molecule has 0 spiro atoms. The van der Waals surface area contributed by atoms with Gasteiger partial charge < -0.3 is 45.5 Å². The van der Waals surface area contributed by atoms with Gasteiger partial charge in [0.1, 0.15) is 47.4 Å². The molecular formula is C43H42N6O10. The third-order valence-corrected chi connectivity index (χ3v) is 11.8. The average molecular weight is 803 g/mol. The lowest BCUT2D eigenvalue weighted by Crippen LogP contribution is -2.62. The Kier molecular flexibility index (Phi) is 10.4. The summed E-state index contributed by atoms with van der Waals surface area (Å²) < 4.78 is 13.6. The summed E-state index contributed by atoms with van der Waals surface area (Å²) in [5.41, 5.74) is 4.08. The summed E-state index contributed by atoms with van der Waals surface area (Å²) in [6.07, 6.45) is 6.78. The number of hydrogen-bond donors (Lipinski definition) is 5. The predicted octanol–water partition coefficient (Wildman–Crippen LogP) is 2.36. The van der Waals surface area contributed by atoms with Crippen molar-refractivity contribution >= 4 is 35.2 Å². The number of fused-ring (bicyclic) bond motifs is 2. The van der Waals surface area contributed by atoms with Crippen LogP contribution in [-0.4, -0.2) is 102 Å². The van der Waals surface area contributed by atoms with Crippen molar-refractivity contribution in [1.82, 2.24) is 25.1 Å². The molecule has 2 aliphatic carbocycles. The molecule has 1 saturated carbocycles. The molecule has 3 aromatic carbocycles. The number of hydrogen-bond acceptors (Lipinski definition) is 11. The lowest BCUT2D eigenvalue weighted by atomic mass is 9.87. The van der Waals surface area contributed by atoms with Crippen molar-refractivity contribution in [2.75, 3.05) is 13.2 Å². The number of amides is 4. The van der Waals surface area contributed by atoms with Gasteiger partial charge in [-0.25, -0.2) is 4.98 Å². The molecule has 16 heteroatoms. The van der Waals surface area contributed by atoms with Gasteiger partial charge in [-0.2, -0.15) is 0 Å². The van der Waals surface area contributed by atoms with E-state index in [-0.39, 0.29) is 66.4 Å². The number of benzene rings is 3. The highest BCUT2D eigenvalue weighted by Crippen LogP contribution is 2.46. The van der Waals surface area contributed by atoms with Gasteiger partial charge in [0, 0.05) is 43.0 Å². The number of nitrogens with one attached hydrogen (secondary N) is 2. The van der Waals surface area contributed by atoms with E-state index < -0.39 is 64.8 Å². The van der Waals surface area contributed by atoms with E-state index in [1.807, 2.05) is 0 Å². The van der Waals surface area contributed by atoms with Crippen molar-refractivity contribution in [2.45, 2.75) is 74.0 Å². The molecule has 3 fully saturated rings. The zero-order valence-electron chi connectivity index (χ0n) is 31.8. The monoisotopic (exact) mass is 802 g/mol. The maximum atomic E-state index is 14.8. The highest BCUT2D eigenvalue weighted by molar-refractivity contribution is 6.03. The molecule has 2 aliphatic heterocycles. The number of nitrogens with zero attached hydrogens (tertiary/aromatic N) is 3.